The van der Waals surface area contributed by atoms with Gasteiger partial charge in [-0.2, -0.15) is 0 Å². The number of ether oxygens (including phenoxy) is 2. The maximum absolute atomic E-state index is 11.7. The fourth-order valence-corrected chi connectivity index (χ4v) is 7.95. The van der Waals surface area contributed by atoms with Crippen LogP contribution in [0.3, 0.4) is 0 Å². The first-order chi connectivity index (χ1) is 12.9. The number of hydrogen-bond acceptors (Lipinski definition) is 4. The number of cyclic esters (lactones) is 1. The van der Waals surface area contributed by atoms with Crippen LogP contribution in [0, 0.1) is 34.5 Å². The Hall–Kier alpha value is -0.870. The second kappa shape index (κ2) is 6.32. The molecule has 4 nitrogen and oxygen atoms in total. The van der Waals surface area contributed by atoms with Gasteiger partial charge in [-0.25, -0.2) is 4.79 Å². The quantitative estimate of drug-likeness (QED) is 0.708. The lowest BCUT2D eigenvalue weighted by Gasteiger charge is -2.63. The standard InChI is InChI=1S/C23H34O4/c1-22-8-5-16(24)12-15(22)3-4-17-19(22)6-9-23(2)18(7-10-26-21(17)23)14-11-20(25)27-13-14/h11,15-19,21,24H,3-10,12-13H2,1-2H3/t15-,16+,17-,18-,19+,21-,22+,23-/m1/s1. The molecule has 0 unspecified atom stereocenters. The van der Waals surface area contributed by atoms with Crippen molar-refractivity contribution in [1.82, 2.24) is 0 Å². The highest BCUT2D eigenvalue weighted by Gasteiger charge is 2.60. The van der Waals surface area contributed by atoms with Gasteiger partial charge < -0.3 is 14.6 Å². The molecule has 5 rings (SSSR count). The number of aliphatic hydroxyl groups excluding tert-OH is 1. The van der Waals surface area contributed by atoms with Crippen molar-refractivity contribution in [3.05, 3.63) is 11.6 Å². The van der Waals surface area contributed by atoms with Gasteiger partial charge in [0.05, 0.1) is 12.2 Å². The van der Waals surface area contributed by atoms with E-state index in [0.717, 1.165) is 31.8 Å². The Morgan fingerprint density at radius 3 is 2.67 bits per heavy atom. The molecule has 4 fully saturated rings. The Bertz CT molecular complexity index is 657. The molecule has 150 valence electrons. The monoisotopic (exact) mass is 374 g/mol. The van der Waals surface area contributed by atoms with E-state index in [2.05, 4.69) is 13.8 Å². The molecule has 3 saturated carbocycles. The van der Waals surface area contributed by atoms with Crippen molar-refractivity contribution in [3.8, 4) is 0 Å². The lowest BCUT2D eigenvalue weighted by Crippen LogP contribution is -2.60. The van der Waals surface area contributed by atoms with E-state index in [1.54, 1.807) is 6.08 Å². The van der Waals surface area contributed by atoms with E-state index in [9.17, 15) is 9.90 Å². The van der Waals surface area contributed by atoms with Gasteiger partial charge in [0, 0.05) is 18.1 Å². The molecule has 1 saturated heterocycles. The first-order valence-electron chi connectivity index (χ1n) is 11.1. The molecule has 0 aromatic rings. The molecule has 2 heterocycles. The molecular formula is C23H34O4. The molecule has 0 bridgehead atoms. The van der Waals surface area contributed by atoms with Crippen molar-refractivity contribution in [2.24, 2.45) is 34.5 Å². The molecule has 5 aliphatic rings. The summed E-state index contributed by atoms with van der Waals surface area (Å²) in [6.45, 7) is 6.21. The van der Waals surface area contributed by atoms with E-state index in [4.69, 9.17) is 9.47 Å². The summed E-state index contributed by atoms with van der Waals surface area (Å²) in [5, 5.41) is 10.2. The first kappa shape index (κ1) is 18.2. The molecule has 2 aliphatic heterocycles. The average molecular weight is 375 g/mol. The third kappa shape index (κ3) is 2.66. The van der Waals surface area contributed by atoms with Crippen molar-refractivity contribution < 1.29 is 19.4 Å². The van der Waals surface area contributed by atoms with Crippen LogP contribution in [0.1, 0.15) is 65.2 Å². The highest BCUT2D eigenvalue weighted by Crippen LogP contribution is 2.64. The minimum absolute atomic E-state index is 0.0874. The normalized spacial score (nSPS) is 52.3. The van der Waals surface area contributed by atoms with E-state index in [1.807, 2.05) is 0 Å². The topological polar surface area (TPSA) is 55.8 Å². The molecule has 0 aromatic heterocycles. The SMILES string of the molecule is C[C@]12CC[C@H](O)C[C@H]1CC[C@H]1[C@H]3OCC[C@H](C4=CC(=O)OC4)[C@@]3(C)CC[C@@H]12. The lowest BCUT2D eigenvalue weighted by atomic mass is 9.44. The number of fused-ring (bicyclic) bond motifs is 5. The third-order valence-corrected chi connectivity index (χ3v) is 9.38. The molecule has 3 aliphatic carbocycles. The summed E-state index contributed by atoms with van der Waals surface area (Å²) in [4.78, 5) is 11.7. The second-order valence-electron chi connectivity index (χ2n) is 10.5. The summed E-state index contributed by atoms with van der Waals surface area (Å²) in [6, 6.07) is 0. The van der Waals surface area contributed by atoms with Crippen LogP contribution in [-0.4, -0.2) is 36.5 Å². The first-order valence-corrected chi connectivity index (χ1v) is 11.1. The zero-order valence-electron chi connectivity index (χ0n) is 16.8. The van der Waals surface area contributed by atoms with Gasteiger partial charge >= 0.3 is 5.97 Å². The number of hydrogen-bond donors (Lipinski definition) is 1. The van der Waals surface area contributed by atoms with E-state index in [0.29, 0.717) is 35.9 Å². The minimum Gasteiger partial charge on any atom is -0.458 e. The van der Waals surface area contributed by atoms with Crippen LogP contribution in [-0.2, 0) is 14.3 Å². The third-order valence-electron chi connectivity index (χ3n) is 9.38. The van der Waals surface area contributed by atoms with E-state index in [-0.39, 0.29) is 17.5 Å². The van der Waals surface area contributed by atoms with Crippen LogP contribution in [0.4, 0.5) is 0 Å². The fraction of sp³-hybridized carbons (Fsp3) is 0.870. The highest BCUT2D eigenvalue weighted by molar-refractivity contribution is 5.85. The fourth-order valence-electron chi connectivity index (χ4n) is 7.95. The Morgan fingerprint density at radius 1 is 1.07 bits per heavy atom. The molecule has 1 N–H and O–H groups in total. The minimum atomic E-state index is -0.167. The molecule has 8 atom stereocenters. The van der Waals surface area contributed by atoms with Crippen molar-refractivity contribution in [2.45, 2.75) is 77.4 Å². The summed E-state index contributed by atoms with van der Waals surface area (Å²) < 4.78 is 11.8. The molecule has 0 spiro atoms. The second-order valence-corrected chi connectivity index (χ2v) is 10.5. The van der Waals surface area contributed by atoms with Crippen LogP contribution in [0.15, 0.2) is 11.6 Å². The molecule has 0 radical (unpaired) electrons. The highest BCUT2D eigenvalue weighted by atomic mass is 16.5. The molecular weight excluding hydrogens is 340 g/mol. The van der Waals surface area contributed by atoms with Crippen LogP contribution < -0.4 is 0 Å². The van der Waals surface area contributed by atoms with E-state index < -0.39 is 0 Å². The van der Waals surface area contributed by atoms with Gasteiger partial charge in [-0.15, -0.1) is 0 Å². The molecule has 0 aromatic carbocycles. The Morgan fingerprint density at radius 2 is 1.89 bits per heavy atom. The number of rotatable bonds is 1. The number of carbonyl (C=O) groups excluding carboxylic acids is 1. The smallest absolute Gasteiger partial charge is 0.331 e. The molecule has 0 amide bonds. The average Bonchev–Trinajstić information content (AvgIpc) is 3.07. The van der Waals surface area contributed by atoms with Crippen LogP contribution in [0.25, 0.3) is 0 Å². The lowest BCUT2D eigenvalue weighted by molar-refractivity contribution is -0.207. The maximum Gasteiger partial charge on any atom is 0.331 e. The number of aliphatic hydroxyl groups is 1. The Labute approximate surface area is 162 Å². The summed E-state index contributed by atoms with van der Waals surface area (Å²) in [5.74, 6) is 2.27. The number of carbonyl (C=O) groups is 1. The van der Waals surface area contributed by atoms with Crippen molar-refractivity contribution in [3.63, 3.8) is 0 Å². The summed E-state index contributed by atoms with van der Waals surface area (Å²) in [5.41, 5.74) is 1.69. The van der Waals surface area contributed by atoms with Crippen LogP contribution in [0.5, 0.6) is 0 Å². The van der Waals surface area contributed by atoms with Gasteiger partial charge in [0.25, 0.3) is 0 Å². The van der Waals surface area contributed by atoms with Gasteiger partial charge in [0.1, 0.15) is 6.61 Å². The Balaban J connectivity index is 1.43. The molecule has 27 heavy (non-hydrogen) atoms. The van der Waals surface area contributed by atoms with Crippen molar-refractivity contribution in [2.75, 3.05) is 13.2 Å². The predicted molar refractivity (Wildman–Crippen MR) is 102 cm³/mol. The summed E-state index contributed by atoms with van der Waals surface area (Å²) in [6.07, 6.45) is 11.0. The van der Waals surface area contributed by atoms with E-state index >= 15 is 0 Å². The zero-order chi connectivity index (χ0) is 18.8. The van der Waals surface area contributed by atoms with Gasteiger partial charge in [-0.1, -0.05) is 13.8 Å². The maximum atomic E-state index is 11.7. The Kier molecular flexibility index (Phi) is 4.25. The van der Waals surface area contributed by atoms with E-state index in [1.165, 1.54) is 37.7 Å². The zero-order valence-corrected chi connectivity index (χ0v) is 16.8. The van der Waals surface area contributed by atoms with Gasteiger partial charge in [0.2, 0.25) is 0 Å². The van der Waals surface area contributed by atoms with Gasteiger partial charge in [0.15, 0.2) is 0 Å². The van der Waals surface area contributed by atoms with Crippen LogP contribution >= 0.6 is 0 Å². The summed E-state index contributed by atoms with van der Waals surface area (Å²) in [7, 11) is 0. The number of esters is 1. The van der Waals surface area contributed by atoms with Crippen LogP contribution in [0.2, 0.25) is 0 Å². The molecule has 4 heteroatoms. The largest absolute Gasteiger partial charge is 0.458 e. The summed E-state index contributed by atoms with van der Waals surface area (Å²) >= 11 is 0. The van der Waals surface area contributed by atoms with Crippen molar-refractivity contribution in [1.29, 1.82) is 0 Å². The van der Waals surface area contributed by atoms with Crippen molar-refractivity contribution >= 4 is 5.97 Å². The predicted octanol–water partition coefficient (Wildman–Crippen LogP) is 3.87. The van der Waals surface area contributed by atoms with Gasteiger partial charge in [-0.05, 0) is 86.0 Å². The van der Waals surface area contributed by atoms with Gasteiger partial charge in [-0.3, -0.25) is 0 Å².